The second-order valence-corrected chi connectivity index (χ2v) is 21.6. The Kier molecular flexibility index (Phi) is 10.3. The number of ether oxygens (including phenoxy) is 2. The summed E-state index contributed by atoms with van der Waals surface area (Å²) in [5.41, 5.74) is 1.41. The van der Waals surface area contributed by atoms with Crippen LogP contribution >= 0.6 is 0 Å². The number of carbonyl (C=O) groups excluding carboxylic acids is 1. The van der Waals surface area contributed by atoms with Crippen molar-refractivity contribution in [2.75, 3.05) is 6.61 Å². The number of benzene rings is 1. The predicted octanol–water partition coefficient (Wildman–Crippen LogP) is 6.14. The number of hydrogen-bond acceptors (Lipinski definition) is 3. The van der Waals surface area contributed by atoms with Crippen molar-refractivity contribution in [2.24, 2.45) is 0 Å². The molecule has 1 aliphatic rings. The molecule has 2 rings (SSSR count). The molecule has 158 valence electrons. The van der Waals surface area contributed by atoms with Crippen LogP contribution in [0.3, 0.4) is 0 Å². The Bertz CT molecular complexity index is 579. The van der Waals surface area contributed by atoms with E-state index in [2.05, 4.69) is 45.0 Å². The van der Waals surface area contributed by atoms with Crippen LogP contribution in [-0.4, -0.2) is 37.1 Å². The summed E-state index contributed by atoms with van der Waals surface area (Å²) in [6.07, 6.45) is 8.73. The van der Waals surface area contributed by atoms with Gasteiger partial charge in [-0.05, 0) is 0 Å². The first-order valence-corrected chi connectivity index (χ1v) is 18.9. The van der Waals surface area contributed by atoms with E-state index in [4.69, 9.17) is 9.47 Å². The average molecular weight is 495 g/mol. The van der Waals surface area contributed by atoms with Crippen molar-refractivity contribution >= 4 is 27.9 Å². The van der Waals surface area contributed by atoms with Crippen molar-refractivity contribution in [1.29, 1.82) is 0 Å². The summed E-state index contributed by atoms with van der Waals surface area (Å²) in [6, 6.07) is 9.14. The minimum absolute atomic E-state index is 0.0847. The van der Waals surface area contributed by atoms with Crippen molar-refractivity contribution in [2.45, 2.75) is 98.2 Å². The van der Waals surface area contributed by atoms with Gasteiger partial charge in [0.05, 0.1) is 0 Å². The molecule has 4 heteroatoms. The summed E-state index contributed by atoms with van der Waals surface area (Å²) >= 11 is -2.52. The Morgan fingerprint density at radius 3 is 2.14 bits per heavy atom. The molecule has 0 spiro atoms. The van der Waals surface area contributed by atoms with Crippen LogP contribution in [0.5, 0.6) is 0 Å². The Labute approximate surface area is 176 Å². The van der Waals surface area contributed by atoms with Crippen LogP contribution in [0, 0.1) is 0 Å². The summed E-state index contributed by atoms with van der Waals surface area (Å²) in [6.45, 7) is 8.99. The molecule has 0 aliphatic carbocycles. The van der Waals surface area contributed by atoms with Crippen molar-refractivity contribution in [3.8, 4) is 0 Å². The van der Waals surface area contributed by atoms with Crippen molar-refractivity contribution in [3.05, 3.63) is 29.8 Å². The first-order chi connectivity index (χ1) is 13.6. The summed E-state index contributed by atoms with van der Waals surface area (Å²) < 4.78 is 17.7. The van der Waals surface area contributed by atoms with E-state index in [1.165, 1.54) is 64.3 Å². The SMILES string of the molecule is CCC[CH2][Sn]([CH2]CCC)([CH2]CCC)[c]1ccccc1C1CC(OC(C)=O)CO1. The molecule has 28 heavy (non-hydrogen) atoms. The molecule has 3 nitrogen and oxygen atoms in total. The van der Waals surface area contributed by atoms with Gasteiger partial charge in [-0.25, -0.2) is 0 Å². The van der Waals surface area contributed by atoms with Crippen LogP contribution in [0.1, 0.15) is 84.3 Å². The Balaban J connectivity index is 2.35. The van der Waals surface area contributed by atoms with Crippen LogP contribution in [0.15, 0.2) is 24.3 Å². The van der Waals surface area contributed by atoms with E-state index in [1.54, 1.807) is 3.58 Å². The van der Waals surface area contributed by atoms with Crippen LogP contribution in [0.4, 0.5) is 0 Å². The monoisotopic (exact) mass is 496 g/mol. The molecule has 0 aromatic heterocycles. The second kappa shape index (κ2) is 12.2. The molecule has 0 amide bonds. The zero-order valence-electron chi connectivity index (χ0n) is 18.5. The van der Waals surface area contributed by atoms with Crippen LogP contribution in [0.25, 0.3) is 0 Å². The van der Waals surface area contributed by atoms with E-state index in [0.717, 1.165) is 6.42 Å². The number of esters is 1. The third-order valence-electron chi connectivity index (χ3n) is 6.20. The van der Waals surface area contributed by atoms with Gasteiger partial charge in [-0.3, -0.25) is 0 Å². The van der Waals surface area contributed by atoms with Gasteiger partial charge in [-0.1, -0.05) is 0 Å². The van der Waals surface area contributed by atoms with E-state index in [-0.39, 0.29) is 18.2 Å². The zero-order valence-corrected chi connectivity index (χ0v) is 21.3. The van der Waals surface area contributed by atoms with Crippen molar-refractivity contribution in [3.63, 3.8) is 0 Å². The third-order valence-corrected chi connectivity index (χ3v) is 22.0. The topological polar surface area (TPSA) is 35.5 Å². The quantitative estimate of drug-likeness (QED) is 0.258. The standard InChI is InChI=1S/C12H13O3.3C4H9.Sn/c1-9(13)15-11-7-12(14-8-11)10-5-3-2-4-6-10;3*1-3-4-2;/h2-5,11-12H,7-8H2,1H3;3*1,3-4H2,2H3;. The molecule has 1 fully saturated rings. The van der Waals surface area contributed by atoms with E-state index in [1.807, 2.05) is 0 Å². The molecule has 1 aliphatic heterocycles. The molecule has 1 aromatic rings. The molecule has 2 unspecified atom stereocenters. The fourth-order valence-electron chi connectivity index (χ4n) is 4.72. The van der Waals surface area contributed by atoms with E-state index in [9.17, 15) is 4.79 Å². The molecule has 1 aromatic carbocycles. The molecule has 0 bridgehead atoms. The first-order valence-electron chi connectivity index (χ1n) is 11.4. The number of rotatable bonds is 12. The van der Waals surface area contributed by atoms with E-state index >= 15 is 0 Å². The fraction of sp³-hybridized carbons (Fsp3) is 0.708. The van der Waals surface area contributed by atoms with E-state index in [0.29, 0.717) is 6.61 Å². The third kappa shape index (κ3) is 6.48. The Morgan fingerprint density at radius 2 is 1.61 bits per heavy atom. The van der Waals surface area contributed by atoms with Gasteiger partial charge in [-0.2, -0.15) is 0 Å². The normalized spacial score (nSPS) is 19.7. The van der Waals surface area contributed by atoms with Gasteiger partial charge < -0.3 is 0 Å². The Morgan fingerprint density at radius 1 is 1.04 bits per heavy atom. The van der Waals surface area contributed by atoms with Crippen LogP contribution in [0.2, 0.25) is 13.3 Å². The molecule has 0 saturated carbocycles. The average Bonchev–Trinajstić information content (AvgIpc) is 3.15. The van der Waals surface area contributed by atoms with Gasteiger partial charge in [-0.15, -0.1) is 0 Å². The molecule has 1 saturated heterocycles. The summed E-state index contributed by atoms with van der Waals surface area (Å²) in [4.78, 5) is 11.4. The minimum atomic E-state index is -2.52. The number of hydrogen-bond donors (Lipinski definition) is 0. The molecule has 0 radical (unpaired) electrons. The van der Waals surface area contributed by atoms with Gasteiger partial charge in [0.2, 0.25) is 0 Å². The van der Waals surface area contributed by atoms with Crippen LogP contribution < -0.4 is 3.58 Å². The van der Waals surface area contributed by atoms with Gasteiger partial charge >= 0.3 is 177 Å². The van der Waals surface area contributed by atoms with Crippen molar-refractivity contribution in [1.82, 2.24) is 0 Å². The maximum atomic E-state index is 11.4. The number of unbranched alkanes of at least 4 members (excludes halogenated alkanes) is 3. The van der Waals surface area contributed by atoms with Crippen LogP contribution in [-0.2, 0) is 14.3 Å². The molecule has 1 heterocycles. The molecular formula is C24H40O3Sn. The fourth-order valence-corrected chi connectivity index (χ4v) is 21.7. The summed E-state index contributed by atoms with van der Waals surface area (Å²) in [5.74, 6) is -0.204. The number of carbonyl (C=O) groups is 1. The summed E-state index contributed by atoms with van der Waals surface area (Å²) in [7, 11) is 0. The van der Waals surface area contributed by atoms with Gasteiger partial charge in [0, 0.05) is 0 Å². The molecular weight excluding hydrogens is 455 g/mol. The molecule has 2 atom stereocenters. The second-order valence-electron chi connectivity index (χ2n) is 8.47. The zero-order chi connectivity index (χ0) is 20.4. The van der Waals surface area contributed by atoms with E-state index < -0.39 is 18.4 Å². The van der Waals surface area contributed by atoms with Gasteiger partial charge in [0.25, 0.3) is 0 Å². The Hall–Kier alpha value is -0.551. The van der Waals surface area contributed by atoms with Crippen molar-refractivity contribution < 1.29 is 14.3 Å². The van der Waals surface area contributed by atoms with Gasteiger partial charge in [0.1, 0.15) is 0 Å². The first kappa shape index (κ1) is 23.7. The molecule has 0 N–H and O–H groups in total. The summed E-state index contributed by atoms with van der Waals surface area (Å²) in [5, 5.41) is 0. The maximum absolute atomic E-state index is 11.4. The van der Waals surface area contributed by atoms with Gasteiger partial charge in [0.15, 0.2) is 0 Å². The predicted molar refractivity (Wildman–Crippen MR) is 120 cm³/mol.